The fourth-order valence-electron chi connectivity index (χ4n) is 3.38. The predicted molar refractivity (Wildman–Crippen MR) is 114 cm³/mol. The first-order valence-electron chi connectivity index (χ1n) is 9.30. The fourth-order valence-corrected chi connectivity index (χ4v) is 5.16. The van der Waals surface area contributed by atoms with Gasteiger partial charge in [-0.3, -0.25) is 4.79 Å². The highest BCUT2D eigenvalue weighted by molar-refractivity contribution is 7.89. The second-order valence-electron chi connectivity index (χ2n) is 7.50. The van der Waals surface area contributed by atoms with Gasteiger partial charge in [-0.2, -0.15) is 0 Å². The van der Waals surface area contributed by atoms with Crippen LogP contribution in [0.1, 0.15) is 43.0 Å². The highest BCUT2D eigenvalue weighted by Crippen LogP contribution is 2.30. The van der Waals surface area contributed by atoms with Crippen molar-refractivity contribution in [3.05, 3.63) is 57.8 Å². The minimum absolute atomic E-state index is 0.0457. The molecule has 30 heavy (non-hydrogen) atoms. The topological polar surface area (TPSA) is 95.5 Å². The van der Waals surface area contributed by atoms with Crippen LogP contribution in [-0.4, -0.2) is 31.1 Å². The Balaban J connectivity index is 1.84. The number of sulfonamides is 1. The molecule has 0 aliphatic heterocycles. The van der Waals surface area contributed by atoms with Crippen LogP contribution in [0.4, 0.5) is 10.1 Å². The maximum atomic E-state index is 13.3. The zero-order valence-corrected chi connectivity index (χ0v) is 18.4. The van der Waals surface area contributed by atoms with Crippen molar-refractivity contribution in [2.45, 2.75) is 49.1 Å². The molecule has 2 aromatic carbocycles. The fraction of sp³-hybridized carbons (Fsp3) is 0.350. The van der Waals surface area contributed by atoms with Crippen LogP contribution in [0.2, 0.25) is 10.0 Å². The molecule has 1 aliphatic carbocycles. The first-order chi connectivity index (χ1) is 14.0. The van der Waals surface area contributed by atoms with Crippen molar-refractivity contribution in [3.63, 3.8) is 0 Å². The van der Waals surface area contributed by atoms with Crippen LogP contribution in [0.15, 0.2) is 41.3 Å². The van der Waals surface area contributed by atoms with Crippen LogP contribution in [0.25, 0.3) is 0 Å². The molecule has 0 aromatic heterocycles. The van der Waals surface area contributed by atoms with E-state index in [1.165, 1.54) is 24.3 Å². The summed E-state index contributed by atoms with van der Waals surface area (Å²) >= 11 is 11.8. The molecule has 10 heteroatoms. The van der Waals surface area contributed by atoms with Crippen LogP contribution in [0, 0.1) is 5.82 Å². The number of halogens is 3. The first-order valence-corrected chi connectivity index (χ1v) is 11.5. The molecule has 0 saturated heterocycles. The summed E-state index contributed by atoms with van der Waals surface area (Å²) < 4.78 is 41.6. The zero-order chi connectivity index (χ0) is 22.1. The molecule has 2 atom stereocenters. The zero-order valence-electron chi connectivity index (χ0n) is 16.1. The first kappa shape index (κ1) is 23.0. The third-order valence-electron chi connectivity index (χ3n) is 5.14. The lowest BCUT2D eigenvalue weighted by atomic mass is 9.82. The van der Waals surface area contributed by atoms with Crippen LogP contribution in [-0.2, 0) is 10.0 Å². The molecule has 1 aliphatic rings. The van der Waals surface area contributed by atoms with Gasteiger partial charge in [0.05, 0.1) is 32.1 Å². The lowest BCUT2D eigenvalue weighted by Crippen LogP contribution is -2.52. The van der Waals surface area contributed by atoms with Crippen molar-refractivity contribution in [3.8, 4) is 0 Å². The van der Waals surface area contributed by atoms with Crippen molar-refractivity contribution < 1.29 is 22.7 Å². The van der Waals surface area contributed by atoms with Crippen molar-refractivity contribution in [1.29, 1.82) is 0 Å². The second kappa shape index (κ2) is 8.80. The van der Waals surface area contributed by atoms with Crippen LogP contribution in [0.3, 0.4) is 0 Å². The summed E-state index contributed by atoms with van der Waals surface area (Å²) in [4.78, 5) is 12.5. The molecule has 162 valence electrons. The highest BCUT2D eigenvalue weighted by atomic mass is 35.5. The van der Waals surface area contributed by atoms with Crippen LogP contribution >= 0.6 is 23.2 Å². The smallest absolute Gasteiger partial charge is 0.257 e. The monoisotopic (exact) mass is 474 g/mol. The van der Waals surface area contributed by atoms with Gasteiger partial charge in [-0.1, -0.05) is 36.0 Å². The molecule has 3 N–H and O–H groups in total. The minimum Gasteiger partial charge on any atom is -0.389 e. The van der Waals surface area contributed by atoms with Gasteiger partial charge in [0.2, 0.25) is 10.0 Å². The largest absolute Gasteiger partial charge is 0.389 e. The molecule has 0 heterocycles. The summed E-state index contributed by atoms with van der Waals surface area (Å²) in [6.45, 7) is 1.61. The van der Waals surface area contributed by atoms with Gasteiger partial charge in [0.15, 0.2) is 0 Å². The highest BCUT2D eigenvalue weighted by Gasteiger charge is 2.37. The number of rotatable bonds is 5. The summed E-state index contributed by atoms with van der Waals surface area (Å²) in [6, 6.07) is 6.76. The molecule has 1 amide bonds. The number of amides is 1. The molecule has 1 saturated carbocycles. The number of benzene rings is 2. The molecule has 2 aromatic rings. The third-order valence-corrected chi connectivity index (χ3v) is 7.23. The Bertz CT molecular complexity index is 1080. The Morgan fingerprint density at radius 2 is 1.90 bits per heavy atom. The average Bonchev–Trinajstić information content (AvgIpc) is 2.66. The van der Waals surface area contributed by atoms with Gasteiger partial charge >= 0.3 is 0 Å². The number of anilines is 1. The van der Waals surface area contributed by atoms with E-state index in [9.17, 15) is 22.7 Å². The van der Waals surface area contributed by atoms with Gasteiger partial charge < -0.3 is 10.4 Å². The molecular weight excluding hydrogens is 454 g/mol. The van der Waals surface area contributed by atoms with Crippen molar-refractivity contribution in [1.82, 2.24) is 4.72 Å². The number of aliphatic hydroxyl groups is 1. The van der Waals surface area contributed by atoms with E-state index in [0.717, 1.165) is 25.0 Å². The van der Waals surface area contributed by atoms with Crippen LogP contribution < -0.4 is 10.0 Å². The molecule has 3 rings (SSSR count). The number of hydrogen-bond acceptors (Lipinski definition) is 4. The van der Waals surface area contributed by atoms with Gasteiger partial charge in [-0.15, -0.1) is 0 Å². The Morgan fingerprint density at radius 1 is 1.17 bits per heavy atom. The maximum absolute atomic E-state index is 13.3. The summed E-state index contributed by atoms with van der Waals surface area (Å²) in [5.74, 6) is -1.31. The minimum atomic E-state index is -4.01. The summed E-state index contributed by atoms with van der Waals surface area (Å²) in [7, 11) is -4.01. The molecule has 0 bridgehead atoms. The normalized spacial score (nSPS) is 22.0. The second-order valence-corrected chi connectivity index (χ2v) is 10.0. The van der Waals surface area contributed by atoms with E-state index in [2.05, 4.69) is 10.0 Å². The molecular formula is C20H21Cl2FN2O4S. The summed E-state index contributed by atoms with van der Waals surface area (Å²) in [6.07, 6.45) is 2.63. The summed E-state index contributed by atoms with van der Waals surface area (Å²) in [5, 5.41) is 12.9. The van der Waals surface area contributed by atoms with Gasteiger partial charge in [0, 0.05) is 5.69 Å². The van der Waals surface area contributed by atoms with E-state index in [4.69, 9.17) is 23.2 Å². The van der Waals surface area contributed by atoms with E-state index < -0.39 is 33.4 Å². The number of carbonyl (C=O) groups is 1. The molecule has 0 spiro atoms. The van der Waals surface area contributed by atoms with E-state index in [1.807, 2.05) is 0 Å². The average molecular weight is 475 g/mol. The molecule has 6 nitrogen and oxygen atoms in total. The molecule has 2 unspecified atom stereocenters. The number of nitrogens with one attached hydrogen (secondary N) is 2. The Kier molecular flexibility index (Phi) is 6.74. The van der Waals surface area contributed by atoms with Crippen molar-refractivity contribution in [2.75, 3.05) is 5.32 Å². The third kappa shape index (κ3) is 5.12. The van der Waals surface area contributed by atoms with Crippen molar-refractivity contribution >= 4 is 44.8 Å². The number of carbonyl (C=O) groups excluding carboxylic acids is 1. The quantitative estimate of drug-likeness (QED) is 0.599. The molecule has 0 radical (unpaired) electrons. The predicted octanol–water partition coefficient (Wildman–Crippen LogP) is 4.36. The molecule has 1 fully saturated rings. The van der Waals surface area contributed by atoms with E-state index in [0.29, 0.717) is 12.8 Å². The Hall–Kier alpha value is -1.71. The van der Waals surface area contributed by atoms with E-state index >= 15 is 0 Å². The van der Waals surface area contributed by atoms with Gasteiger partial charge in [0.25, 0.3) is 5.91 Å². The Labute approximate surface area is 184 Å². The SMILES string of the molecule is CC1(O)CCCCC1NS(=O)(=O)c1ccc(Cl)c(C(=O)Nc2ccc(F)c(Cl)c2)c1. The van der Waals surface area contributed by atoms with Gasteiger partial charge in [0.1, 0.15) is 5.82 Å². The Morgan fingerprint density at radius 3 is 2.57 bits per heavy atom. The van der Waals surface area contributed by atoms with Gasteiger partial charge in [-0.25, -0.2) is 17.5 Å². The summed E-state index contributed by atoms with van der Waals surface area (Å²) in [5.41, 5.74) is -0.998. The lowest BCUT2D eigenvalue weighted by Gasteiger charge is -2.37. The van der Waals surface area contributed by atoms with E-state index in [1.54, 1.807) is 6.92 Å². The van der Waals surface area contributed by atoms with Crippen LogP contribution in [0.5, 0.6) is 0 Å². The standard InChI is InChI=1S/C20H21Cl2FN2O4S/c1-20(27)9-3-2-4-18(20)25-30(28,29)13-6-7-15(21)14(11-13)19(26)24-12-5-8-17(23)16(22)10-12/h5-8,10-11,18,25,27H,2-4,9H2,1H3,(H,24,26). The van der Waals surface area contributed by atoms with E-state index in [-0.39, 0.29) is 26.2 Å². The van der Waals surface area contributed by atoms with Crippen molar-refractivity contribution in [2.24, 2.45) is 0 Å². The lowest BCUT2D eigenvalue weighted by molar-refractivity contribution is -0.00220. The maximum Gasteiger partial charge on any atom is 0.257 e. The van der Waals surface area contributed by atoms with Gasteiger partial charge in [-0.05, 0) is 56.2 Å². The number of hydrogen-bond donors (Lipinski definition) is 3.